The molecular formula is C23H22N2O2S. The Morgan fingerprint density at radius 2 is 1.68 bits per heavy atom. The van der Waals surface area contributed by atoms with E-state index < -0.39 is 0 Å². The summed E-state index contributed by atoms with van der Waals surface area (Å²) >= 11 is 1.50. The van der Waals surface area contributed by atoms with Crippen molar-refractivity contribution in [2.24, 2.45) is 0 Å². The van der Waals surface area contributed by atoms with Crippen LogP contribution in [0, 0.1) is 13.8 Å². The van der Waals surface area contributed by atoms with Crippen LogP contribution < -0.4 is 10.6 Å². The maximum atomic E-state index is 12.6. The molecule has 0 atom stereocenters. The summed E-state index contributed by atoms with van der Waals surface area (Å²) in [4.78, 5) is 26.7. The van der Waals surface area contributed by atoms with Crippen LogP contribution in [0.5, 0.6) is 0 Å². The Morgan fingerprint density at radius 3 is 2.46 bits per heavy atom. The van der Waals surface area contributed by atoms with Crippen LogP contribution in [0.15, 0.2) is 48.5 Å². The Balaban J connectivity index is 1.43. The number of hydrogen-bond acceptors (Lipinski definition) is 3. The van der Waals surface area contributed by atoms with Crippen LogP contribution in [0.2, 0.25) is 0 Å². The normalized spacial score (nSPS) is 12.1. The van der Waals surface area contributed by atoms with Crippen LogP contribution in [0.4, 0.5) is 5.69 Å². The molecule has 1 aliphatic rings. The third kappa shape index (κ3) is 3.58. The van der Waals surface area contributed by atoms with E-state index in [1.54, 1.807) is 0 Å². The van der Waals surface area contributed by atoms with Gasteiger partial charge in [0, 0.05) is 10.6 Å². The number of carbonyl (C=O) groups is 2. The first-order valence-electron chi connectivity index (χ1n) is 9.38. The number of thiophene rings is 1. The molecule has 0 saturated carbocycles. The second kappa shape index (κ2) is 7.60. The molecule has 0 unspecified atom stereocenters. The Labute approximate surface area is 168 Å². The molecule has 5 heteroatoms. The van der Waals surface area contributed by atoms with E-state index in [0.29, 0.717) is 4.88 Å². The zero-order valence-corrected chi connectivity index (χ0v) is 16.8. The molecule has 0 fully saturated rings. The monoisotopic (exact) mass is 390 g/mol. The number of hydrogen-bond donors (Lipinski definition) is 2. The molecule has 28 heavy (non-hydrogen) atoms. The summed E-state index contributed by atoms with van der Waals surface area (Å²) in [6, 6.07) is 16.2. The first-order chi connectivity index (χ1) is 13.5. The van der Waals surface area contributed by atoms with Gasteiger partial charge in [-0.2, -0.15) is 0 Å². The SMILES string of the molecule is Cc1cccc(C)c1NC(=O)CNC(=O)c1cc2c(s1)-c1ccccc1CC2. The number of nitrogens with one attached hydrogen (secondary N) is 2. The smallest absolute Gasteiger partial charge is 0.261 e. The lowest BCUT2D eigenvalue weighted by Crippen LogP contribution is -2.32. The predicted octanol–water partition coefficient (Wildman–Crippen LogP) is 4.50. The van der Waals surface area contributed by atoms with Crippen LogP contribution in [-0.2, 0) is 17.6 Å². The van der Waals surface area contributed by atoms with E-state index in [9.17, 15) is 9.59 Å². The predicted molar refractivity (Wildman–Crippen MR) is 114 cm³/mol. The summed E-state index contributed by atoms with van der Waals surface area (Å²) in [5.74, 6) is -0.425. The quantitative estimate of drug-likeness (QED) is 0.689. The van der Waals surface area contributed by atoms with E-state index in [4.69, 9.17) is 0 Å². The van der Waals surface area contributed by atoms with Gasteiger partial charge >= 0.3 is 0 Å². The van der Waals surface area contributed by atoms with Crippen LogP contribution in [-0.4, -0.2) is 18.4 Å². The van der Waals surface area contributed by atoms with Crippen molar-refractivity contribution < 1.29 is 9.59 Å². The van der Waals surface area contributed by atoms with Gasteiger partial charge in [0.15, 0.2) is 0 Å². The maximum absolute atomic E-state index is 12.6. The first-order valence-corrected chi connectivity index (χ1v) is 10.2. The molecule has 1 aliphatic carbocycles. The van der Waals surface area contributed by atoms with Gasteiger partial charge in [-0.15, -0.1) is 11.3 Å². The Kier molecular flexibility index (Phi) is 5.01. The molecule has 2 N–H and O–H groups in total. The summed E-state index contributed by atoms with van der Waals surface area (Å²) in [5, 5.41) is 5.65. The zero-order valence-electron chi connectivity index (χ0n) is 16.0. The standard InChI is InChI=1S/C23H22N2O2S/c1-14-6-5-7-15(2)21(14)25-20(26)13-24-23(27)19-12-17-11-10-16-8-3-4-9-18(16)22(17)28-19/h3-9,12H,10-11,13H2,1-2H3,(H,24,27)(H,25,26). The molecule has 2 amide bonds. The molecular weight excluding hydrogens is 368 g/mol. The van der Waals surface area contributed by atoms with Gasteiger partial charge in [-0.05, 0) is 60.6 Å². The summed E-state index contributed by atoms with van der Waals surface area (Å²) < 4.78 is 0. The minimum Gasteiger partial charge on any atom is -0.342 e. The summed E-state index contributed by atoms with van der Waals surface area (Å²) in [7, 11) is 0. The summed E-state index contributed by atoms with van der Waals surface area (Å²) in [5.41, 5.74) is 6.59. The second-order valence-corrected chi connectivity index (χ2v) is 8.17. The molecule has 0 spiro atoms. The lowest BCUT2D eigenvalue weighted by Gasteiger charge is -2.15. The highest BCUT2D eigenvalue weighted by atomic mass is 32.1. The molecule has 4 nitrogen and oxygen atoms in total. The molecule has 0 aliphatic heterocycles. The molecule has 0 saturated heterocycles. The first kappa shape index (κ1) is 18.4. The molecule has 0 radical (unpaired) electrons. The fraction of sp³-hybridized carbons (Fsp3) is 0.217. The van der Waals surface area contributed by atoms with Crippen molar-refractivity contribution in [3.05, 3.63) is 75.7 Å². The van der Waals surface area contributed by atoms with Crippen LogP contribution in [0.1, 0.15) is 31.9 Å². The Hall–Kier alpha value is -2.92. The van der Waals surface area contributed by atoms with Crippen molar-refractivity contribution in [3.8, 4) is 10.4 Å². The van der Waals surface area contributed by atoms with Gasteiger partial charge < -0.3 is 10.6 Å². The van der Waals surface area contributed by atoms with E-state index in [1.165, 1.54) is 32.9 Å². The number of fused-ring (bicyclic) bond motifs is 3. The van der Waals surface area contributed by atoms with Gasteiger partial charge in [0.2, 0.25) is 5.91 Å². The van der Waals surface area contributed by atoms with Gasteiger partial charge in [-0.3, -0.25) is 9.59 Å². The number of rotatable bonds is 4. The average Bonchev–Trinajstić information content (AvgIpc) is 3.14. The molecule has 3 aromatic rings. The highest BCUT2D eigenvalue weighted by Gasteiger charge is 2.21. The third-order valence-corrected chi connectivity index (χ3v) is 6.32. The van der Waals surface area contributed by atoms with E-state index in [1.807, 2.05) is 44.2 Å². The van der Waals surface area contributed by atoms with Crippen molar-refractivity contribution in [2.75, 3.05) is 11.9 Å². The molecule has 4 rings (SSSR count). The molecule has 1 heterocycles. The van der Waals surface area contributed by atoms with Gasteiger partial charge in [0.05, 0.1) is 11.4 Å². The molecule has 2 aromatic carbocycles. The van der Waals surface area contributed by atoms with Crippen molar-refractivity contribution in [1.82, 2.24) is 5.32 Å². The molecule has 142 valence electrons. The largest absolute Gasteiger partial charge is 0.342 e. The van der Waals surface area contributed by atoms with Crippen LogP contribution in [0.25, 0.3) is 10.4 Å². The van der Waals surface area contributed by atoms with E-state index >= 15 is 0 Å². The van der Waals surface area contributed by atoms with Gasteiger partial charge in [-0.25, -0.2) is 0 Å². The minimum atomic E-state index is -0.225. The lowest BCUT2D eigenvalue weighted by atomic mass is 9.91. The fourth-order valence-electron chi connectivity index (χ4n) is 3.63. The number of aryl methyl sites for hydroxylation is 4. The number of amides is 2. The third-order valence-electron chi connectivity index (χ3n) is 5.11. The van der Waals surface area contributed by atoms with E-state index in [-0.39, 0.29) is 18.4 Å². The Morgan fingerprint density at radius 1 is 0.964 bits per heavy atom. The van der Waals surface area contributed by atoms with Crippen molar-refractivity contribution in [1.29, 1.82) is 0 Å². The van der Waals surface area contributed by atoms with Crippen molar-refractivity contribution in [2.45, 2.75) is 26.7 Å². The summed E-state index contributed by atoms with van der Waals surface area (Å²) in [6.07, 6.45) is 1.95. The number of anilines is 1. The van der Waals surface area contributed by atoms with Crippen molar-refractivity contribution >= 4 is 28.8 Å². The fourth-order valence-corrected chi connectivity index (χ4v) is 4.81. The molecule has 0 bridgehead atoms. The van der Waals surface area contributed by atoms with E-state index in [2.05, 4.69) is 28.8 Å². The Bertz CT molecular complexity index is 1050. The molecule has 1 aromatic heterocycles. The summed E-state index contributed by atoms with van der Waals surface area (Å²) in [6.45, 7) is 3.86. The highest BCUT2D eigenvalue weighted by Crippen LogP contribution is 2.39. The van der Waals surface area contributed by atoms with Gasteiger partial charge in [-0.1, -0.05) is 42.5 Å². The van der Waals surface area contributed by atoms with Gasteiger partial charge in [0.25, 0.3) is 5.91 Å². The minimum absolute atomic E-state index is 0.0498. The van der Waals surface area contributed by atoms with Crippen LogP contribution >= 0.6 is 11.3 Å². The number of benzene rings is 2. The number of carbonyl (C=O) groups excluding carboxylic acids is 2. The average molecular weight is 391 g/mol. The highest BCUT2D eigenvalue weighted by molar-refractivity contribution is 7.17. The number of para-hydroxylation sites is 1. The van der Waals surface area contributed by atoms with Crippen molar-refractivity contribution in [3.63, 3.8) is 0 Å². The lowest BCUT2D eigenvalue weighted by molar-refractivity contribution is -0.115. The second-order valence-electron chi connectivity index (χ2n) is 7.12. The topological polar surface area (TPSA) is 58.2 Å². The van der Waals surface area contributed by atoms with Crippen LogP contribution in [0.3, 0.4) is 0 Å². The maximum Gasteiger partial charge on any atom is 0.261 e. The van der Waals surface area contributed by atoms with Gasteiger partial charge in [0.1, 0.15) is 0 Å². The van der Waals surface area contributed by atoms with E-state index in [0.717, 1.165) is 29.7 Å². The zero-order chi connectivity index (χ0) is 19.7.